The van der Waals surface area contributed by atoms with Gasteiger partial charge in [0.25, 0.3) is 0 Å². The summed E-state index contributed by atoms with van der Waals surface area (Å²) in [4.78, 5) is 1.45. The van der Waals surface area contributed by atoms with Gasteiger partial charge in [-0.3, -0.25) is 0 Å². The second-order valence-corrected chi connectivity index (χ2v) is 4.76. The number of hydrogen-bond acceptors (Lipinski definition) is 1. The van der Waals surface area contributed by atoms with Crippen LogP contribution in [0.25, 0.3) is 5.57 Å². The number of rotatable bonds is 0. The van der Waals surface area contributed by atoms with Gasteiger partial charge < -0.3 is 0 Å². The average molecular weight is 160 g/mol. The highest BCUT2D eigenvalue weighted by Crippen LogP contribution is 2.62. The van der Waals surface area contributed by atoms with Crippen molar-refractivity contribution in [2.45, 2.75) is 16.6 Å². The van der Waals surface area contributed by atoms with Crippen molar-refractivity contribution in [3.8, 4) is 0 Å². The van der Waals surface area contributed by atoms with E-state index in [1.165, 1.54) is 16.0 Å². The third kappa shape index (κ3) is 0.621. The van der Waals surface area contributed by atoms with E-state index in [4.69, 9.17) is 0 Å². The van der Waals surface area contributed by atoms with Gasteiger partial charge in [0, 0.05) is 4.90 Å². The average Bonchev–Trinajstić information content (AvgIpc) is 2.56. The van der Waals surface area contributed by atoms with Gasteiger partial charge >= 0.3 is 0 Å². The molecule has 2 aliphatic rings. The molecule has 0 bridgehead atoms. The molecule has 1 aliphatic heterocycles. The van der Waals surface area contributed by atoms with Crippen LogP contribution in [-0.4, -0.2) is 4.75 Å². The molecule has 1 heterocycles. The summed E-state index contributed by atoms with van der Waals surface area (Å²) in [6.45, 7) is 2.28. The summed E-state index contributed by atoms with van der Waals surface area (Å²) in [5.74, 6) is 0. The van der Waals surface area contributed by atoms with Crippen molar-refractivity contribution in [1.82, 2.24) is 0 Å². The van der Waals surface area contributed by atoms with Crippen molar-refractivity contribution in [2.75, 3.05) is 0 Å². The number of fused-ring (bicyclic) bond motifs is 3. The number of benzene rings is 1. The standard InChI is InChI=1S/C10H8S/c1-10-6-8(10)7-4-2-3-5-9(7)11-10/h2-6H,1H3. The first-order chi connectivity index (χ1) is 5.30. The van der Waals surface area contributed by atoms with Crippen molar-refractivity contribution in [3.63, 3.8) is 0 Å². The molecule has 1 heteroatoms. The Labute approximate surface area is 70.3 Å². The Hall–Kier alpha value is -0.690. The summed E-state index contributed by atoms with van der Waals surface area (Å²) >= 11 is 1.97. The SMILES string of the molecule is CC12C=C1c1ccccc1S2. The van der Waals surface area contributed by atoms with Crippen LogP contribution in [0.5, 0.6) is 0 Å². The molecule has 54 valence electrons. The summed E-state index contributed by atoms with van der Waals surface area (Å²) in [6.07, 6.45) is 2.35. The minimum Gasteiger partial charge on any atom is -0.110 e. The lowest BCUT2D eigenvalue weighted by molar-refractivity contribution is 1.18. The number of thioether (sulfide) groups is 1. The topological polar surface area (TPSA) is 0 Å². The van der Waals surface area contributed by atoms with Gasteiger partial charge in [0.05, 0.1) is 4.75 Å². The molecule has 0 N–H and O–H groups in total. The molecular formula is C10H8S. The smallest absolute Gasteiger partial charge is 0.0617 e. The summed E-state index contributed by atoms with van der Waals surface area (Å²) < 4.78 is 0.379. The van der Waals surface area contributed by atoms with E-state index in [9.17, 15) is 0 Å². The zero-order valence-corrected chi connectivity index (χ0v) is 7.11. The van der Waals surface area contributed by atoms with Crippen LogP contribution in [0.15, 0.2) is 35.2 Å². The first-order valence-corrected chi connectivity index (χ1v) is 4.63. The lowest BCUT2D eigenvalue weighted by atomic mass is 10.1. The normalized spacial score (nSPS) is 30.8. The molecule has 0 aromatic heterocycles. The maximum Gasteiger partial charge on any atom is 0.0617 e. The van der Waals surface area contributed by atoms with Crippen LogP contribution in [-0.2, 0) is 0 Å². The van der Waals surface area contributed by atoms with E-state index < -0.39 is 0 Å². The zero-order valence-electron chi connectivity index (χ0n) is 6.29. The van der Waals surface area contributed by atoms with Gasteiger partial charge in [-0.1, -0.05) is 24.3 Å². The van der Waals surface area contributed by atoms with Crippen LogP contribution in [0.2, 0.25) is 0 Å². The maximum absolute atomic E-state index is 2.35. The molecule has 1 aromatic carbocycles. The van der Waals surface area contributed by atoms with E-state index >= 15 is 0 Å². The fourth-order valence-corrected chi connectivity index (χ4v) is 2.96. The fraction of sp³-hybridized carbons (Fsp3) is 0.200. The van der Waals surface area contributed by atoms with Crippen LogP contribution in [0.1, 0.15) is 12.5 Å². The minimum atomic E-state index is 0.379. The molecule has 0 radical (unpaired) electrons. The second-order valence-electron chi connectivity index (χ2n) is 3.26. The lowest BCUT2D eigenvalue weighted by Crippen LogP contribution is -1.91. The highest BCUT2D eigenvalue weighted by atomic mass is 32.2. The lowest BCUT2D eigenvalue weighted by Gasteiger charge is -2.00. The van der Waals surface area contributed by atoms with Crippen molar-refractivity contribution in [2.24, 2.45) is 0 Å². The third-order valence-corrected chi connectivity index (χ3v) is 3.71. The van der Waals surface area contributed by atoms with Crippen LogP contribution < -0.4 is 0 Å². The van der Waals surface area contributed by atoms with Crippen molar-refractivity contribution in [3.05, 3.63) is 35.9 Å². The Morgan fingerprint density at radius 3 is 2.91 bits per heavy atom. The summed E-state index contributed by atoms with van der Waals surface area (Å²) in [7, 11) is 0. The van der Waals surface area contributed by atoms with Gasteiger partial charge in [-0.05, 0) is 24.1 Å². The molecule has 0 nitrogen and oxygen atoms in total. The van der Waals surface area contributed by atoms with Crippen LogP contribution in [0.4, 0.5) is 0 Å². The summed E-state index contributed by atoms with van der Waals surface area (Å²) in [5.41, 5.74) is 3.00. The van der Waals surface area contributed by atoms with Crippen LogP contribution in [0, 0.1) is 0 Å². The molecular weight excluding hydrogens is 152 g/mol. The van der Waals surface area contributed by atoms with Gasteiger partial charge in [0.1, 0.15) is 0 Å². The molecule has 0 saturated carbocycles. The Morgan fingerprint density at radius 2 is 2.09 bits per heavy atom. The second kappa shape index (κ2) is 1.56. The van der Waals surface area contributed by atoms with Crippen molar-refractivity contribution < 1.29 is 0 Å². The van der Waals surface area contributed by atoms with Gasteiger partial charge in [0.2, 0.25) is 0 Å². The molecule has 1 aliphatic carbocycles. The maximum atomic E-state index is 2.35. The Kier molecular flexibility index (Phi) is 0.836. The molecule has 1 unspecified atom stereocenters. The first-order valence-electron chi connectivity index (χ1n) is 3.81. The van der Waals surface area contributed by atoms with Crippen molar-refractivity contribution in [1.29, 1.82) is 0 Å². The van der Waals surface area contributed by atoms with Crippen LogP contribution >= 0.6 is 11.8 Å². The van der Waals surface area contributed by atoms with E-state index in [2.05, 4.69) is 37.3 Å². The zero-order chi connectivity index (χ0) is 7.47. The van der Waals surface area contributed by atoms with E-state index in [0.29, 0.717) is 4.75 Å². The molecule has 0 amide bonds. The van der Waals surface area contributed by atoms with E-state index in [1.807, 2.05) is 11.8 Å². The van der Waals surface area contributed by atoms with Crippen molar-refractivity contribution >= 4 is 17.3 Å². The number of hydrogen-bond donors (Lipinski definition) is 0. The first kappa shape index (κ1) is 5.90. The summed E-state index contributed by atoms with van der Waals surface area (Å²) in [6, 6.07) is 8.65. The molecule has 0 spiro atoms. The molecule has 0 fully saturated rings. The minimum absolute atomic E-state index is 0.379. The highest BCUT2D eigenvalue weighted by Gasteiger charge is 2.47. The Bertz CT molecular complexity index is 365. The van der Waals surface area contributed by atoms with E-state index in [0.717, 1.165) is 0 Å². The van der Waals surface area contributed by atoms with Gasteiger partial charge in [-0.15, -0.1) is 11.8 Å². The van der Waals surface area contributed by atoms with Gasteiger partial charge in [-0.25, -0.2) is 0 Å². The molecule has 11 heavy (non-hydrogen) atoms. The largest absolute Gasteiger partial charge is 0.110 e. The van der Waals surface area contributed by atoms with Crippen LogP contribution in [0.3, 0.4) is 0 Å². The third-order valence-electron chi connectivity index (χ3n) is 2.37. The van der Waals surface area contributed by atoms with E-state index in [-0.39, 0.29) is 0 Å². The highest BCUT2D eigenvalue weighted by molar-refractivity contribution is 8.02. The molecule has 0 saturated heterocycles. The van der Waals surface area contributed by atoms with Gasteiger partial charge in [0.15, 0.2) is 0 Å². The Balaban J connectivity index is 2.25. The predicted molar refractivity (Wildman–Crippen MR) is 48.7 cm³/mol. The monoisotopic (exact) mass is 160 g/mol. The molecule has 1 atom stereocenters. The van der Waals surface area contributed by atoms with E-state index in [1.54, 1.807) is 0 Å². The fourth-order valence-electron chi connectivity index (χ4n) is 1.68. The quantitative estimate of drug-likeness (QED) is 0.562. The predicted octanol–water partition coefficient (Wildman–Crippen LogP) is 2.95. The molecule has 1 aromatic rings. The summed E-state index contributed by atoms with van der Waals surface area (Å²) in [5, 5.41) is 0. The Morgan fingerprint density at radius 1 is 1.27 bits per heavy atom. The molecule has 3 rings (SSSR count). The van der Waals surface area contributed by atoms with Gasteiger partial charge in [-0.2, -0.15) is 0 Å².